The average molecular weight is 281 g/mol. The number of halogens is 2. The molecule has 3 nitrogen and oxygen atoms in total. The third-order valence-electron chi connectivity index (χ3n) is 1.90. The Morgan fingerprint density at radius 2 is 2.14 bits per heavy atom. The van der Waals surface area contributed by atoms with Gasteiger partial charge in [0.05, 0.1) is 18.8 Å². The highest BCUT2D eigenvalue weighted by Crippen LogP contribution is 2.27. The molecule has 0 aliphatic rings. The summed E-state index contributed by atoms with van der Waals surface area (Å²) >= 11 is 9.01. The maximum absolute atomic E-state index is 9.70. The second-order valence-corrected chi connectivity index (χ2v) is 4.25. The van der Waals surface area contributed by atoms with E-state index >= 15 is 0 Å². The predicted octanol–water partition coefficient (Wildman–Crippen LogP) is 1.46. The number of hydrogen-bond acceptors (Lipinski definition) is 3. The number of rotatable bonds is 3. The smallest absolute Gasteiger partial charge is 0.0974 e. The van der Waals surface area contributed by atoms with Gasteiger partial charge in [-0.3, -0.25) is 0 Å². The molecule has 1 aromatic carbocycles. The average Bonchev–Trinajstić information content (AvgIpc) is 2.15. The van der Waals surface area contributed by atoms with Crippen LogP contribution in [0.2, 0.25) is 5.02 Å². The van der Waals surface area contributed by atoms with Crippen LogP contribution in [0.5, 0.6) is 0 Å². The van der Waals surface area contributed by atoms with Gasteiger partial charge in [-0.1, -0.05) is 33.6 Å². The van der Waals surface area contributed by atoms with Gasteiger partial charge in [0.1, 0.15) is 0 Å². The second-order valence-electron chi connectivity index (χ2n) is 2.96. The lowest BCUT2D eigenvalue weighted by Crippen LogP contribution is -2.32. The van der Waals surface area contributed by atoms with E-state index < -0.39 is 12.1 Å². The van der Waals surface area contributed by atoms with Crippen molar-refractivity contribution < 1.29 is 10.2 Å². The van der Waals surface area contributed by atoms with Gasteiger partial charge >= 0.3 is 0 Å². The summed E-state index contributed by atoms with van der Waals surface area (Å²) in [4.78, 5) is 0. The molecule has 0 fully saturated rings. The van der Waals surface area contributed by atoms with Crippen molar-refractivity contribution >= 4 is 27.5 Å². The molecule has 0 aromatic heterocycles. The van der Waals surface area contributed by atoms with Crippen LogP contribution in [0.1, 0.15) is 11.7 Å². The summed E-state index contributed by atoms with van der Waals surface area (Å²) in [6.07, 6.45) is -0.897. The molecule has 5 heteroatoms. The fourth-order valence-corrected chi connectivity index (χ4v) is 1.99. The zero-order valence-electron chi connectivity index (χ0n) is 7.32. The Balaban J connectivity index is 2.95. The van der Waals surface area contributed by atoms with Crippen molar-refractivity contribution in [3.63, 3.8) is 0 Å². The van der Waals surface area contributed by atoms with Crippen molar-refractivity contribution in [3.05, 3.63) is 33.3 Å². The van der Waals surface area contributed by atoms with E-state index in [1.807, 2.05) is 0 Å². The summed E-state index contributed by atoms with van der Waals surface area (Å²) in [5.74, 6) is 0. The van der Waals surface area contributed by atoms with E-state index in [9.17, 15) is 5.11 Å². The lowest BCUT2D eigenvalue weighted by Gasteiger charge is -2.18. The first-order valence-corrected chi connectivity index (χ1v) is 5.22. The largest absolute Gasteiger partial charge is 0.395 e. The predicted molar refractivity (Wildman–Crippen MR) is 59.2 cm³/mol. The molecule has 1 aromatic rings. The molecule has 2 unspecified atom stereocenters. The highest BCUT2D eigenvalue weighted by molar-refractivity contribution is 9.10. The number of aliphatic hydroxyl groups excluding tert-OH is 2. The molecule has 0 amide bonds. The summed E-state index contributed by atoms with van der Waals surface area (Å²) in [5.41, 5.74) is 6.12. The SMILES string of the molecule is NC(CO)C(O)c1ccc(Cl)cc1Br. The van der Waals surface area contributed by atoms with Gasteiger partial charge in [0.15, 0.2) is 0 Å². The number of benzene rings is 1. The summed E-state index contributed by atoms with van der Waals surface area (Å²) in [7, 11) is 0. The standard InChI is InChI=1S/C9H11BrClNO2/c10-7-3-5(11)1-2-6(7)9(14)8(12)4-13/h1-3,8-9,13-14H,4,12H2. The first-order chi connectivity index (χ1) is 6.56. The topological polar surface area (TPSA) is 66.5 Å². The van der Waals surface area contributed by atoms with Gasteiger partial charge in [0.2, 0.25) is 0 Å². The highest BCUT2D eigenvalue weighted by Gasteiger charge is 2.18. The summed E-state index contributed by atoms with van der Waals surface area (Å²) in [6, 6.07) is 4.32. The molecule has 0 aliphatic heterocycles. The summed E-state index contributed by atoms with van der Waals surface area (Å²) in [5, 5.41) is 19.1. The zero-order valence-corrected chi connectivity index (χ0v) is 9.66. The van der Waals surface area contributed by atoms with E-state index in [-0.39, 0.29) is 6.61 Å². The van der Waals surface area contributed by atoms with E-state index in [4.69, 9.17) is 22.4 Å². The maximum atomic E-state index is 9.70. The van der Waals surface area contributed by atoms with Gasteiger partial charge in [-0.05, 0) is 17.7 Å². The molecule has 4 N–H and O–H groups in total. The van der Waals surface area contributed by atoms with Crippen LogP contribution in [0.4, 0.5) is 0 Å². The van der Waals surface area contributed by atoms with Crippen molar-refractivity contribution in [1.29, 1.82) is 0 Å². The molecule has 78 valence electrons. The first-order valence-electron chi connectivity index (χ1n) is 4.05. The van der Waals surface area contributed by atoms with Gasteiger partial charge in [0, 0.05) is 9.50 Å². The highest BCUT2D eigenvalue weighted by atomic mass is 79.9. The Labute approximate surface area is 95.6 Å². The fraction of sp³-hybridized carbons (Fsp3) is 0.333. The van der Waals surface area contributed by atoms with Crippen LogP contribution in [0.25, 0.3) is 0 Å². The van der Waals surface area contributed by atoms with E-state index in [2.05, 4.69) is 15.9 Å². The molecule has 14 heavy (non-hydrogen) atoms. The molecule has 2 atom stereocenters. The van der Waals surface area contributed by atoms with Crippen LogP contribution in [0, 0.1) is 0 Å². The second kappa shape index (κ2) is 5.09. The number of nitrogens with two attached hydrogens (primary N) is 1. The molecule has 0 saturated heterocycles. The lowest BCUT2D eigenvalue weighted by molar-refractivity contribution is 0.109. The molecule has 1 rings (SSSR count). The minimum Gasteiger partial charge on any atom is -0.395 e. The van der Waals surface area contributed by atoms with Crippen molar-refractivity contribution in [2.75, 3.05) is 6.61 Å². The van der Waals surface area contributed by atoms with Crippen molar-refractivity contribution in [1.82, 2.24) is 0 Å². The van der Waals surface area contributed by atoms with Crippen LogP contribution in [-0.4, -0.2) is 22.9 Å². The van der Waals surface area contributed by atoms with Gasteiger partial charge < -0.3 is 15.9 Å². The van der Waals surface area contributed by atoms with E-state index in [0.29, 0.717) is 15.1 Å². The quantitative estimate of drug-likeness (QED) is 0.785. The van der Waals surface area contributed by atoms with E-state index in [1.54, 1.807) is 18.2 Å². The first kappa shape index (κ1) is 11.9. The van der Waals surface area contributed by atoms with Crippen molar-refractivity contribution in [3.8, 4) is 0 Å². The van der Waals surface area contributed by atoms with Crippen LogP contribution in [0.15, 0.2) is 22.7 Å². The Morgan fingerprint density at radius 1 is 1.50 bits per heavy atom. The van der Waals surface area contributed by atoms with Crippen LogP contribution < -0.4 is 5.73 Å². The Kier molecular flexibility index (Phi) is 4.34. The summed E-state index contributed by atoms with van der Waals surface area (Å²) < 4.78 is 0.682. The molecule has 0 saturated carbocycles. The third-order valence-corrected chi connectivity index (χ3v) is 2.82. The molecule has 0 radical (unpaired) electrons. The van der Waals surface area contributed by atoms with Crippen molar-refractivity contribution in [2.45, 2.75) is 12.1 Å². The number of hydrogen-bond donors (Lipinski definition) is 3. The van der Waals surface area contributed by atoms with Crippen LogP contribution in [0.3, 0.4) is 0 Å². The molecular weight excluding hydrogens is 269 g/mol. The minimum absolute atomic E-state index is 0.268. The van der Waals surface area contributed by atoms with Crippen LogP contribution in [-0.2, 0) is 0 Å². The van der Waals surface area contributed by atoms with Gasteiger partial charge in [0.25, 0.3) is 0 Å². The molecule has 0 spiro atoms. The van der Waals surface area contributed by atoms with E-state index in [0.717, 1.165) is 0 Å². The normalized spacial score (nSPS) is 15.2. The number of aliphatic hydroxyl groups is 2. The Morgan fingerprint density at radius 3 is 2.64 bits per heavy atom. The van der Waals surface area contributed by atoms with Crippen molar-refractivity contribution in [2.24, 2.45) is 5.73 Å². The van der Waals surface area contributed by atoms with Gasteiger partial charge in [-0.25, -0.2) is 0 Å². The van der Waals surface area contributed by atoms with Gasteiger partial charge in [-0.15, -0.1) is 0 Å². The molecular formula is C9H11BrClNO2. The lowest BCUT2D eigenvalue weighted by atomic mass is 10.0. The summed E-state index contributed by atoms with van der Waals surface area (Å²) in [6.45, 7) is -0.268. The fourth-order valence-electron chi connectivity index (χ4n) is 1.07. The van der Waals surface area contributed by atoms with Gasteiger partial charge in [-0.2, -0.15) is 0 Å². The Bertz CT molecular complexity index is 322. The molecule has 0 aliphatic carbocycles. The zero-order chi connectivity index (χ0) is 10.7. The van der Waals surface area contributed by atoms with Crippen LogP contribution >= 0.6 is 27.5 Å². The molecule has 0 heterocycles. The minimum atomic E-state index is -0.897. The molecule has 0 bridgehead atoms. The Hall–Kier alpha value is -0.130. The third kappa shape index (κ3) is 2.68. The van der Waals surface area contributed by atoms with E-state index in [1.165, 1.54) is 0 Å². The maximum Gasteiger partial charge on any atom is 0.0974 e. The monoisotopic (exact) mass is 279 g/mol.